The summed E-state index contributed by atoms with van der Waals surface area (Å²) in [6.07, 6.45) is 10.5. The molecule has 2 aromatic rings. The van der Waals surface area contributed by atoms with E-state index in [0.717, 1.165) is 73.2 Å². The molecule has 3 aliphatic rings. The Morgan fingerprint density at radius 1 is 1.23 bits per heavy atom. The molecule has 0 unspecified atom stereocenters. The summed E-state index contributed by atoms with van der Waals surface area (Å²) in [5.74, 6) is 0.860. The van der Waals surface area contributed by atoms with Gasteiger partial charge in [-0.3, -0.25) is 9.58 Å². The molecule has 31 heavy (non-hydrogen) atoms. The van der Waals surface area contributed by atoms with Gasteiger partial charge >= 0.3 is 6.09 Å². The Balaban J connectivity index is 1.53. The van der Waals surface area contributed by atoms with Crippen LogP contribution in [0.5, 0.6) is 5.75 Å². The molecule has 1 saturated heterocycles. The molecule has 1 saturated carbocycles. The van der Waals surface area contributed by atoms with E-state index < -0.39 is 6.09 Å². The van der Waals surface area contributed by atoms with Crippen LogP contribution in [0.25, 0.3) is 11.1 Å². The van der Waals surface area contributed by atoms with Crippen molar-refractivity contribution in [3.05, 3.63) is 30.1 Å². The number of aromatic nitrogens is 2. The van der Waals surface area contributed by atoms with E-state index in [1.54, 1.807) is 0 Å². The number of carboxylic acid groups (broad SMARTS) is 1. The first-order chi connectivity index (χ1) is 15.0. The number of benzene rings is 1. The lowest BCUT2D eigenvalue weighted by molar-refractivity contribution is 0.119. The van der Waals surface area contributed by atoms with E-state index in [4.69, 9.17) is 9.84 Å². The van der Waals surface area contributed by atoms with Crippen LogP contribution >= 0.6 is 0 Å². The quantitative estimate of drug-likeness (QED) is 0.749. The minimum atomic E-state index is -0.899. The third kappa shape index (κ3) is 3.80. The molecule has 166 valence electrons. The van der Waals surface area contributed by atoms with Gasteiger partial charge < -0.3 is 15.2 Å². The first-order valence-electron chi connectivity index (χ1n) is 11.6. The second kappa shape index (κ2) is 8.19. The van der Waals surface area contributed by atoms with Gasteiger partial charge in [0.05, 0.1) is 24.0 Å². The number of hydrogen-bond donors (Lipinski definition) is 2. The van der Waals surface area contributed by atoms with Crippen molar-refractivity contribution in [1.29, 1.82) is 0 Å². The number of amides is 1. The zero-order chi connectivity index (χ0) is 21.5. The van der Waals surface area contributed by atoms with Crippen LogP contribution in [-0.4, -0.2) is 45.7 Å². The van der Waals surface area contributed by atoms with E-state index in [-0.39, 0.29) is 12.1 Å². The second-order valence-corrected chi connectivity index (χ2v) is 9.39. The average Bonchev–Trinajstić information content (AvgIpc) is 3.20. The first kappa shape index (κ1) is 20.4. The molecule has 7 nitrogen and oxygen atoms in total. The van der Waals surface area contributed by atoms with Gasteiger partial charge in [0.2, 0.25) is 0 Å². The predicted octanol–water partition coefficient (Wildman–Crippen LogP) is 4.61. The Bertz CT molecular complexity index is 968. The molecule has 2 aliphatic heterocycles. The topological polar surface area (TPSA) is 79.6 Å². The molecule has 7 heteroatoms. The average molecular weight is 425 g/mol. The summed E-state index contributed by atoms with van der Waals surface area (Å²) in [7, 11) is 0. The molecule has 1 amide bonds. The smallest absolute Gasteiger partial charge is 0.412 e. The van der Waals surface area contributed by atoms with E-state index in [1.807, 2.05) is 25.3 Å². The van der Waals surface area contributed by atoms with Crippen LogP contribution in [0.3, 0.4) is 0 Å². The molecule has 5 rings (SSSR count). The Hall–Kier alpha value is -2.54. The maximum absolute atomic E-state index is 12.0. The summed E-state index contributed by atoms with van der Waals surface area (Å²) in [6, 6.07) is 4.84. The number of ether oxygens (including phenoxy) is 1. The summed E-state index contributed by atoms with van der Waals surface area (Å²) in [4.78, 5) is 13.5. The van der Waals surface area contributed by atoms with Gasteiger partial charge in [-0.15, -0.1) is 0 Å². The monoisotopic (exact) mass is 424 g/mol. The highest BCUT2D eigenvalue weighted by Crippen LogP contribution is 2.44. The number of nitrogens with one attached hydrogen (secondary N) is 1. The van der Waals surface area contributed by atoms with Crippen molar-refractivity contribution < 1.29 is 14.6 Å². The summed E-state index contributed by atoms with van der Waals surface area (Å²) < 4.78 is 8.60. The molecule has 0 bridgehead atoms. The maximum atomic E-state index is 12.0. The van der Waals surface area contributed by atoms with Crippen molar-refractivity contribution in [3.63, 3.8) is 0 Å². The SMILES string of the molecule is C[C@@H]1C[C@H](n2cc(-c3ccc4c(c3OC3CCC3)CC[C@H](C)N4C(=O)O)cn2)CCN1. The molecule has 1 aliphatic carbocycles. The van der Waals surface area contributed by atoms with Crippen LogP contribution in [-0.2, 0) is 6.42 Å². The first-order valence-corrected chi connectivity index (χ1v) is 11.6. The third-order valence-corrected chi connectivity index (χ3v) is 7.17. The van der Waals surface area contributed by atoms with Crippen LogP contribution in [0.15, 0.2) is 24.5 Å². The van der Waals surface area contributed by atoms with Gasteiger partial charge in [-0.1, -0.05) is 0 Å². The van der Waals surface area contributed by atoms with Gasteiger partial charge in [0.1, 0.15) is 5.75 Å². The lowest BCUT2D eigenvalue weighted by atomic mass is 9.91. The van der Waals surface area contributed by atoms with E-state index in [2.05, 4.69) is 23.1 Å². The molecule has 0 spiro atoms. The third-order valence-electron chi connectivity index (χ3n) is 7.17. The van der Waals surface area contributed by atoms with Gasteiger partial charge in [0.25, 0.3) is 0 Å². The van der Waals surface area contributed by atoms with E-state index >= 15 is 0 Å². The Kier molecular flexibility index (Phi) is 5.38. The maximum Gasteiger partial charge on any atom is 0.412 e. The summed E-state index contributed by atoms with van der Waals surface area (Å²) in [5.41, 5.74) is 3.86. The van der Waals surface area contributed by atoms with E-state index in [9.17, 15) is 9.90 Å². The Labute approximate surface area is 183 Å². The number of fused-ring (bicyclic) bond motifs is 1. The number of anilines is 1. The summed E-state index contributed by atoms with van der Waals surface area (Å²) in [5, 5.41) is 18.0. The fraction of sp³-hybridized carbons (Fsp3) is 0.583. The second-order valence-electron chi connectivity index (χ2n) is 9.39. The molecule has 1 aromatic carbocycles. The van der Waals surface area contributed by atoms with Gasteiger partial charge in [-0.25, -0.2) is 4.79 Å². The van der Waals surface area contributed by atoms with Crippen molar-refractivity contribution in [2.75, 3.05) is 11.4 Å². The zero-order valence-electron chi connectivity index (χ0n) is 18.4. The largest absolute Gasteiger partial charge is 0.489 e. The molecule has 1 aromatic heterocycles. The van der Waals surface area contributed by atoms with Crippen LogP contribution in [0.4, 0.5) is 10.5 Å². The predicted molar refractivity (Wildman–Crippen MR) is 120 cm³/mol. The van der Waals surface area contributed by atoms with Crippen LogP contribution in [0.1, 0.15) is 64.0 Å². The fourth-order valence-electron chi connectivity index (χ4n) is 5.14. The summed E-state index contributed by atoms with van der Waals surface area (Å²) >= 11 is 0. The zero-order valence-corrected chi connectivity index (χ0v) is 18.4. The lowest BCUT2D eigenvalue weighted by Gasteiger charge is -2.36. The molecule has 3 heterocycles. The van der Waals surface area contributed by atoms with Crippen molar-refractivity contribution in [1.82, 2.24) is 15.1 Å². The van der Waals surface area contributed by atoms with Gasteiger partial charge in [0, 0.05) is 35.0 Å². The molecule has 2 N–H and O–H groups in total. The summed E-state index contributed by atoms with van der Waals surface area (Å²) in [6.45, 7) is 5.21. The van der Waals surface area contributed by atoms with Gasteiger partial charge in [-0.05, 0) is 77.5 Å². The highest BCUT2D eigenvalue weighted by Gasteiger charge is 2.33. The lowest BCUT2D eigenvalue weighted by Crippen LogP contribution is -2.41. The molecule has 3 atom stereocenters. The number of rotatable bonds is 4. The number of hydrogen-bond acceptors (Lipinski definition) is 4. The van der Waals surface area contributed by atoms with Crippen LogP contribution < -0.4 is 15.0 Å². The van der Waals surface area contributed by atoms with Crippen LogP contribution in [0, 0.1) is 0 Å². The normalized spacial score (nSPS) is 26.3. The molecule has 0 radical (unpaired) electrons. The van der Waals surface area contributed by atoms with E-state index in [0.29, 0.717) is 12.1 Å². The van der Waals surface area contributed by atoms with E-state index in [1.165, 1.54) is 11.3 Å². The fourth-order valence-corrected chi connectivity index (χ4v) is 5.14. The van der Waals surface area contributed by atoms with Crippen molar-refractivity contribution in [2.24, 2.45) is 0 Å². The highest BCUT2D eigenvalue weighted by molar-refractivity contribution is 5.91. The molecular formula is C24H32N4O3. The molecule has 2 fully saturated rings. The highest BCUT2D eigenvalue weighted by atomic mass is 16.5. The van der Waals surface area contributed by atoms with Crippen LogP contribution in [0.2, 0.25) is 0 Å². The Morgan fingerprint density at radius 3 is 2.77 bits per heavy atom. The van der Waals surface area contributed by atoms with Crippen molar-refractivity contribution in [2.45, 2.75) is 83.0 Å². The standard InChI is InChI=1S/C24H32N4O3/c1-15-12-18(10-11-25-15)27-14-17(13-26-27)20-8-9-22-21(23(20)31-19-4-3-5-19)7-6-16(2)28(22)24(29)30/h8-9,13-16,18-19,25H,3-7,10-12H2,1-2H3,(H,29,30)/t15-,16+,18-/m1/s1. The van der Waals surface area contributed by atoms with Gasteiger partial charge in [0.15, 0.2) is 0 Å². The van der Waals surface area contributed by atoms with Gasteiger partial charge in [-0.2, -0.15) is 5.10 Å². The minimum absolute atomic E-state index is 0.0305. The van der Waals surface area contributed by atoms with Crippen molar-refractivity contribution in [3.8, 4) is 16.9 Å². The van der Waals surface area contributed by atoms with Crippen molar-refractivity contribution >= 4 is 11.8 Å². The number of nitrogens with zero attached hydrogens (tertiary/aromatic N) is 3. The number of carbonyl (C=O) groups is 1. The number of piperidine rings is 1. The Morgan fingerprint density at radius 2 is 2.06 bits per heavy atom. The minimum Gasteiger partial charge on any atom is -0.489 e. The molecular weight excluding hydrogens is 392 g/mol.